The number of rotatable bonds is 6. The Morgan fingerprint density at radius 1 is 1.03 bits per heavy atom. The molecule has 5 aromatic rings. The van der Waals surface area contributed by atoms with Crippen LogP contribution in [0.25, 0.3) is 26.9 Å². The molecule has 0 unspecified atom stereocenters. The van der Waals surface area contributed by atoms with E-state index < -0.39 is 0 Å². The zero-order valence-electron chi connectivity index (χ0n) is 18.9. The fourth-order valence-electron chi connectivity index (χ4n) is 4.42. The van der Waals surface area contributed by atoms with Crippen LogP contribution < -0.4 is 5.32 Å². The van der Waals surface area contributed by atoms with E-state index in [-0.39, 0.29) is 5.91 Å². The van der Waals surface area contributed by atoms with Gasteiger partial charge in [-0.05, 0) is 47.2 Å². The molecule has 6 rings (SSSR count). The van der Waals surface area contributed by atoms with Crippen molar-refractivity contribution in [3.8, 4) is 10.6 Å². The second-order valence-electron chi connectivity index (χ2n) is 8.48. The van der Waals surface area contributed by atoms with Gasteiger partial charge in [0.25, 0.3) is 0 Å². The third-order valence-electron chi connectivity index (χ3n) is 6.07. The summed E-state index contributed by atoms with van der Waals surface area (Å²) in [6.07, 6.45) is 4.44. The number of para-hydroxylation sites is 1. The molecule has 1 aliphatic rings. The maximum absolute atomic E-state index is 12.9. The Balaban J connectivity index is 1.33. The number of nitrogens with zero attached hydrogens (tertiary/aromatic N) is 2. The van der Waals surface area contributed by atoms with Crippen molar-refractivity contribution in [2.24, 2.45) is 0 Å². The molecule has 0 radical (unpaired) electrons. The van der Waals surface area contributed by atoms with Crippen LogP contribution in [0.3, 0.4) is 0 Å². The lowest BCUT2D eigenvalue weighted by Gasteiger charge is -2.27. The Morgan fingerprint density at radius 2 is 1.89 bits per heavy atom. The average Bonchev–Trinajstić information content (AvgIpc) is 3.61. The molecule has 1 aliphatic heterocycles. The Morgan fingerprint density at radius 3 is 2.71 bits per heavy atom. The van der Waals surface area contributed by atoms with Crippen LogP contribution in [0.15, 0.2) is 78.2 Å². The fourth-order valence-corrected chi connectivity index (χ4v) is 7.45. The minimum atomic E-state index is -0.111. The van der Waals surface area contributed by atoms with Gasteiger partial charge in [-0.15, -0.1) is 34.0 Å². The topological polar surface area (TPSA) is 45.2 Å². The van der Waals surface area contributed by atoms with E-state index in [0.29, 0.717) is 0 Å². The molecule has 7 heteroatoms. The van der Waals surface area contributed by atoms with Crippen LogP contribution in [-0.2, 0) is 24.3 Å². The van der Waals surface area contributed by atoms with Gasteiger partial charge >= 0.3 is 0 Å². The van der Waals surface area contributed by atoms with Crippen molar-refractivity contribution in [2.75, 3.05) is 11.9 Å². The highest BCUT2D eigenvalue weighted by molar-refractivity contribution is 7.23. The minimum absolute atomic E-state index is 0.111. The van der Waals surface area contributed by atoms with Gasteiger partial charge in [0.05, 0.1) is 10.2 Å². The largest absolute Gasteiger partial charge is 0.313 e. The minimum Gasteiger partial charge on any atom is -0.313 e. The van der Waals surface area contributed by atoms with Crippen molar-refractivity contribution in [3.05, 3.63) is 99.1 Å². The van der Waals surface area contributed by atoms with Gasteiger partial charge in [0.15, 0.2) is 0 Å². The van der Waals surface area contributed by atoms with Gasteiger partial charge in [-0.25, -0.2) is 4.98 Å². The molecule has 174 valence electrons. The average molecular weight is 514 g/mol. The lowest BCUT2D eigenvalue weighted by atomic mass is 10.0. The number of amides is 1. The normalized spacial score (nSPS) is 13.9. The van der Waals surface area contributed by atoms with E-state index in [9.17, 15) is 4.79 Å². The Kier molecular flexibility index (Phi) is 6.31. The van der Waals surface area contributed by atoms with Crippen LogP contribution in [0.2, 0.25) is 0 Å². The van der Waals surface area contributed by atoms with Crippen molar-refractivity contribution in [2.45, 2.75) is 19.5 Å². The molecule has 35 heavy (non-hydrogen) atoms. The molecule has 0 aliphatic carbocycles. The van der Waals surface area contributed by atoms with E-state index in [1.165, 1.54) is 20.7 Å². The number of carbonyl (C=O) groups is 1. The molecule has 0 spiro atoms. The summed E-state index contributed by atoms with van der Waals surface area (Å²) in [5, 5.41) is 7.08. The molecular formula is C28H23N3OS3. The van der Waals surface area contributed by atoms with E-state index in [2.05, 4.69) is 52.7 Å². The molecule has 1 N–H and O–H groups in total. The van der Waals surface area contributed by atoms with Gasteiger partial charge in [-0.1, -0.05) is 48.5 Å². The summed E-state index contributed by atoms with van der Waals surface area (Å²) >= 11 is 5.01. The van der Waals surface area contributed by atoms with Crippen LogP contribution in [0.5, 0.6) is 0 Å². The molecular weight excluding hydrogens is 491 g/mol. The number of thiazole rings is 1. The first kappa shape index (κ1) is 22.4. The first-order chi connectivity index (χ1) is 17.2. The van der Waals surface area contributed by atoms with Crippen molar-refractivity contribution >= 4 is 61.2 Å². The Hall–Kier alpha value is -3.10. The van der Waals surface area contributed by atoms with E-state index in [1.807, 2.05) is 35.7 Å². The number of aromatic nitrogens is 1. The molecule has 2 aromatic carbocycles. The summed E-state index contributed by atoms with van der Waals surface area (Å²) in [6, 6.07) is 22.8. The summed E-state index contributed by atoms with van der Waals surface area (Å²) < 4.78 is 1.17. The van der Waals surface area contributed by atoms with Crippen LogP contribution in [0.1, 0.15) is 20.9 Å². The monoisotopic (exact) mass is 513 g/mol. The molecule has 0 atom stereocenters. The van der Waals surface area contributed by atoms with Crippen molar-refractivity contribution in [1.82, 2.24) is 9.88 Å². The summed E-state index contributed by atoms with van der Waals surface area (Å²) in [6.45, 7) is 2.80. The van der Waals surface area contributed by atoms with Crippen molar-refractivity contribution in [3.63, 3.8) is 0 Å². The van der Waals surface area contributed by atoms with Crippen LogP contribution in [0.4, 0.5) is 5.00 Å². The third kappa shape index (κ3) is 4.86. The van der Waals surface area contributed by atoms with Crippen LogP contribution >= 0.6 is 34.0 Å². The summed E-state index contributed by atoms with van der Waals surface area (Å²) in [5.74, 6) is -0.111. The van der Waals surface area contributed by atoms with Gasteiger partial charge in [0.1, 0.15) is 10.0 Å². The quantitative estimate of drug-likeness (QED) is 0.242. The van der Waals surface area contributed by atoms with Gasteiger partial charge in [0.2, 0.25) is 5.91 Å². The smallest absolute Gasteiger partial charge is 0.249 e. The van der Waals surface area contributed by atoms with E-state index in [1.54, 1.807) is 40.1 Å². The molecule has 0 saturated carbocycles. The standard InChI is InChI=1S/C28H23N3OS3/c32-25(13-12-20-9-6-16-33-20)30-28-26(27-29-22-10-4-5-11-23(22)34-27)21-14-15-31(18-24(21)35-28)17-19-7-2-1-3-8-19/h1-13,16H,14-15,17-18H2,(H,30,32)/b13-12+. The maximum atomic E-state index is 12.9. The Bertz CT molecular complexity index is 1470. The number of benzene rings is 2. The first-order valence-electron chi connectivity index (χ1n) is 11.5. The van der Waals surface area contributed by atoms with Crippen molar-refractivity contribution in [1.29, 1.82) is 0 Å². The maximum Gasteiger partial charge on any atom is 0.249 e. The lowest BCUT2D eigenvalue weighted by Crippen LogP contribution is -2.29. The number of carbonyl (C=O) groups excluding carboxylic acids is 1. The first-order valence-corrected chi connectivity index (χ1v) is 14.0. The molecule has 0 saturated heterocycles. The van der Waals surface area contributed by atoms with Gasteiger partial charge in [0, 0.05) is 41.0 Å². The van der Waals surface area contributed by atoms with Crippen LogP contribution in [0, 0.1) is 0 Å². The zero-order valence-corrected chi connectivity index (χ0v) is 21.4. The fraction of sp³-hybridized carbons (Fsp3) is 0.143. The highest BCUT2D eigenvalue weighted by Gasteiger charge is 2.27. The number of nitrogens with one attached hydrogen (secondary N) is 1. The predicted molar refractivity (Wildman–Crippen MR) is 149 cm³/mol. The molecule has 0 bridgehead atoms. The summed E-state index contributed by atoms with van der Waals surface area (Å²) in [5.41, 5.74) is 4.76. The predicted octanol–water partition coefficient (Wildman–Crippen LogP) is 7.30. The second kappa shape index (κ2) is 9.87. The molecule has 1 amide bonds. The molecule has 3 aromatic heterocycles. The van der Waals surface area contributed by atoms with E-state index in [4.69, 9.17) is 4.98 Å². The number of hydrogen-bond donors (Lipinski definition) is 1. The molecule has 4 heterocycles. The van der Waals surface area contributed by atoms with Crippen LogP contribution in [-0.4, -0.2) is 22.3 Å². The zero-order chi connectivity index (χ0) is 23.6. The highest BCUT2D eigenvalue weighted by atomic mass is 32.1. The number of anilines is 1. The number of fused-ring (bicyclic) bond motifs is 2. The Labute approximate surface area is 216 Å². The molecule has 0 fully saturated rings. The number of hydrogen-bond acceptors (Lipinski definition) is 6. The van der Waals surface area contributed by atoms with Crippen molar-refractivity contribution < 1.29 is 4.79 Å². The van der Waals surface area contributed by atoms with Gasteiger partial charge in [-0.2, -0.15) is 0 Å². The molecule has 4 nitrogen and oxygen atoms in total. The SMILES string of the molecule is O=C(/C=C/c1cccs1)Nc1sc2c(c1-c1nc3ccccc3s1)CCN(Cc1ccccc1)C2. The summed E-state index contributed by atoms with van der Waals surface area (Å²) in [7, 11) is 0. The highest BCUT2D eigenvalue weighted by Crippen LogP contribution is 2.45. The van der Waals surface area contributed by atoms with E-state index in [0.717, 1.165) is 52.0 Å². The second-order valence-corrected chi connectivity index (χ2v) is 11.6. The van der Waals surface area contributed by atoms with Gasteiger partial charge in [-0.3, -0.25) is 9.69 Å². The number of thiophene rings is 2. The summed E-state index contributed by atoms with van der Waals surface area (Å²) in [4.78, 5) is 22.7. The van der Waals surface area contributed by atoms with E-state index >= 15 is 0 Å². The third-order valence-corrected chi connectivity index (χ3v) is 9.10. The lowest BCUT2D eigenvalue weighted by molar-refractivity contribution is -0.111. The van der Waals surface area contributed by atoms with Gasteiger partial charge < -0.3 is 5.32 Å².